The summed E-state index contributed by atoms with van der Waals surface area (Å²) >= 11 is 0. The SMILES string of the molecule is CCCC/C=C/CCCCCCCC(=O)O[C@H](COC(=O)CCCC/C=C/CCCCCCCCCCC)CO[C@H]1O[C@H](CS(=O)(=O)O)[C@@H](O)C(O)C1O. The highest BCUT2D eigenvalue weighted by molar-refractivity contribution is 7.85. The number of carbonyl (C=O) groups excluding carboxylic acids is 2. The molecule has 12 nitrogen and oxygen atoms in total. The standard InChI is InChI=1S/C41H74O12S/c1-3-5-7-9-11-13-15-16-17-18-20-21-23-25-27-29-36(42)50-31-34(52-37(43)30-28-26-24-22-19-14-12-10-8-6-4-2)32-51-41-40(46)39(45)38(44)35(53-41)33-54(47,48)49/h10,12,20-21,34-35,38-41,44-46H,3-9,11,13-19,22-33H2,1-2H3,(H,47,48,49)/b12-10+,21-20+/t34-,35-,38-,39?,40?,41+/m1/s1. The van der Waals surface area contributed by atoms with Gasteiger partial charge in [0.25, 0.3) is 10.1 Å². The highest BCUT2D eigenvalue weighted by Crippen LogP contribution is 2.24. The van der Waals surface area contributed by atoms with Crippen LogP contribution in [0.15, 0.2) is 24.3 Å². The summed E-state index contributed by atoms with van der Waals surface area (Å²) in [6.07, 6.45) is 23.8. The van der Waals surface area contributed by atoms with Gasteiger partial charge in [0.05, 0.1) is 6.61 Å². The van der Waals surface area contributed by atoms with Crippen molar-refractivity contribution in [2.45, 2.75) is 205 Å². The van der Waals surface area contributed by atoms with Gasteiger partial charge >= 0.3 is 11.9 Å². The van der Waals surface area contributed by atoms with Crippen LogP contribution in [-0.4, -0.2) is 96.0 Å². The van der Waals surface area contributed by atoms with Crippen LogP contribution in [0.2, 0.25) is 0 Å². The van der Waals surface area contributed by atoms with Gasteiger partial charge < -0.3 is 34.3 Å². The van der Waals surface area contributed by atoms with Crippen molar-refractivity contribution in [3.63, 3.8) is 0 Å². The zero-order chi connectivity index (χ0) is 39.9. The smallest absolute Gasteiger partial charge is 0.306 e. The maximum Gasteiger partial charge on any atom is 0.306 e. The van der Waals surface area contributed by atoms with Gasteiger partial charge in [0.1, 0.15) is 36.8 Å². The zero-order valence-electron chi connectivity index (χ0n) is 33.3. The van der Waals surface area contributed by atoms with Crippen molar-refractivity contribution < 1.29 is 56.8 Å². The first-order chi connectivity index (χ1) is 26.0. The Bertz CT molecular complexity index is 1110. The van der Waals surface area contributed by atoms with Gasteiger partial charge in [-0.3, -0.25) is 14.1 Å². The van der Waals surface area contributed by atoms with Crippen molar-refractivity contribution in [1.29, 1.82) is 0 Å². The molecule has 13 heteroatoms. The Morgan fingerprint density at radius 2 is 1.07 bits per heavy atom. The number of hydrogen-bond donors (Lipinski definition) is 4. The Morgan fingerprint density at radius 3 is 1.63 bits per heavy atom. The van der Waals surface area contributed by atoms with E-state index >= 15 is 0 Å². The van der Waals surface area contributed by atoms with E-state index in [9.17, 15) is 37.9 Å². The molecule has 1 saturated heterocycles. The van der Waals surface area contributed by atoms with Crippen LogP contribution in [0.25, 0.3) is 0 Å². The van der Waals surface area contributed by atoms with Gasteiger partial charge in [-0.1, -0.05) is 122 Å². The molecule has 1 fully saturated rings. The third-order valence-electron chi connectivity index (χ3n) is 9.50. The van der Waals surface area contributed by atoms with Gasteiger partial charge in [-0.15, -0.1) is 0 Å². The fourth-order valence-corrected chi connectivity index (χ4v) is 6.87. The number of aliphatic hydroxyl groups is 3. The minimum Gasteiger partial charge on any atom is -0.462 e. The largest absolute Gasteiger partial charge is 0.462 e. The van der Waals surface area contributed by atoms with E-state index in [1.54, 1.807) is 0 Å². The van der Waals surface area contributed by atoms with Crippen LogP contribution in [-0.2, 0) is 38.7 Å². The molecule has 1 heterocycles. The summed E-state index contributed by atoms with van der Waals surface area (Å²) in [6.45, 7) is 3.67. The second-order valence-corrected chi connectivity index (χ2v) is 16.1. The lowest BCUT2D eigenvalue weighted by Crippen LogP contribution is -2.60. The second-order valence-electron chi connectivity index (χ2n) is 14.6. The first-order valence-corrected chi connectivity index (χ1v) is 22.5. The highest BCUT2D eigenvalue weighted by atomic mass is 32.2. The first-order valence-electron chi connectivity index (χ1n) is 20.9. The topological polar surface area (TPSA) is 186 Å². The monoisotopic (exact) mass is 790 g/mol. The van der Waals surface area contributed by atoms with E-state index in [4.69, 9.17) is 18.9 Å². The van der Waals surface area contributed by atoms with Crippen molar-refractivity contribution >= 4 is 22.1 Å². The lowest BCUT2D eigenvalue weighted by atomic mass is 10.00. The molecule has 0 saturated carbocycles. The van der Waals surface area contributed by atoms with E-state index < -0.39 is 71.2 Å². The van der Waals surface area contributed by atoms with E-state index in [0.717, 1.165) is 57.8 Å². The molecular weight excluding hydrogens is 717 g/mol. The highest BCUT2D eigenvalue weighted by Gasteiger charge is 2.46. The van der Waals surface area contributed by atoms with Crippen molar-refractivity contribution in [3.8, 4) is 0 Å². The van der Waals surface area contributed by atoms with E-state index in [1.807, 2.05) is 0 Å². The summed E-state index contributed by atoms with van der Waals surface area (Å²) in [7, 11) is -4.60. The Hall–Kier alpha value is -1.87. The minimum absolute atomic E-state index is 0.151. The van der Waals surface area contributed by atoms with Crippen LogP contribution in [0.4, 0.5) is 0 Å². The number of hydrogen-bond acceptors (Lipinski definition) is 11. The molecule has 0 aliphatic carbocycles. The second kappa shape index (κ2) is 32.2. The van der Waals surface area contributed by atoms with Gasteiger partial charge in [0, 0.05) is 12.8 Å². The maximum atomic E-state index is 12.7. The van der Waals surface area contributed by atoms with Crippen LogP contribution in [0, 0.1) is 0 Å². The average Bonchev–Trinajstić information content (AvgIpc) is 3.13. The summed E-state index contributed by atoms with van der Waals surface area (Å²) in [5, 5.41) is 30.8. The molecule has 1 aliphatic rings. The van der Waals surface area contributed by atoms with Crippen molar-refractivity contribution in [1.82, 2.24) is 0 Å². The fourth-order valence-electron chi connectivity index (χ4n) is 6.18. The van der Waals surface area contributed by atoms with Crippen LogP contribution >= 0.6 is 0 Å². The molecule has 1 aliphatic heterocycles. The van der Waals surface area contributed by atoms with Crippen LogP contribution in [0.1, 0.15) is 168 Å². The molecule has 54 heavy (non-hydrogen) atoms. The van der Waals surface area contributed by atoms with E-state index in [0.29, 0.717) is 12.8 Å². The minimum atomic E-state index is -4.60. The third kappa shape index (κ3) is 26.9. The van der Waals surface area contributed by atoms with Gasteiger partial charge in [-0.25, -0.2) is 0 Å². The quantitative estimate of drug-likeness (QED) is 0.0216. The molecule has 0 aromatic carbocycles. The number of allylic oxidation sites excluding steroid dienone is 4. The molecular formula is C41H74O12S. The van der Waals surface area contributed by atoms with Gasteiger partial charge in [-0.05, 0) is 57.8 Å². The normalized spacial score (nSPS) is 21.2. The molecule has 0 aromatic rings. The first kappa shape index (κ1) is 50.1. The summed E-state index contributed by atoms with van der Waals surface area (Å²) < 4.78 is 53.8. The number of ether oxygens (including phenoxy) is 4. The van der Waals surface area contributed by atoms with Crippen LogP contribution < -0.4 is 0 Å². The Labute approximate surface area is 326 Å². The van der Waals surface area contributed by atoms with Crippen molar-refractivity contribution in [2.24, 2.45) is 0 Å². The lowest BCUT2D eigenvalue weighted by Gasteiger charge is -2.40. The third-order valence-corrected chi connectivity index (χ3v) is 10.3. The molecule has 0 radical (unpaired) electrons. The van der Waals surface area contributed by atoms with Crippen LogP contribution in [0.3, 0.4) is 0 Å². The predicted octanol–water partition coefficient (Wildman–Crippen LogP) is 7.67. The van der Waals surface area contributed by atoms with E-state index in [-0.39, 0.29) is 19.4 Å². The molecule has 1 rings (SSSR count). The van der Waals surface area contributed by atoms with Crippen molar-refractivity contribution in [2.75, 3.05) is 19.0 Å². The molecule has 4 N–H and O–H groups in total. The lowest BCUT2D eigenvalue weighted by molar-refractivity contribution is -0.297. The van der Waals surface area contributed by atoms with Crippen LogP contribution in [0.5, 0.6) is 0 Å². The number of rotatable bonds is 34. The van der Waals surface area contributed by atoms with Gasteiger partial charge in [-0.2, -0.15) is 8.42 Å². The Balaban J connectivity index is 2.50. The number of carbonyl (C=O) groups is 2. The summed E-state index contributed by atoms with van der Waals surface area (Å²) in [6, 6.07) is 0. The number of esters is 2. The number of unbranched alkanes of at least 4 members (excludes halogenated alkanes) is 18. The fraction of sp³-hybridized carbons (Fsp3) is 0.854. The predicted molar refractivity (Wildman–Crippen MR) is 210 cm³/mol. The summed E-state index contributed by atoms with van der Waals surface area (Å²) in [4.78, 5) is 25.3. The summed E-state index contributed by atoms with van der Waals surface area (Å²) in [5.74, 6) is -2.02. The van der Waals surface area contributed by atoms with Gasteiger partial charge in [0.2, 0.25) is 0 Å². The molecule has 316 valence electrons. The molecule has 2 unspecified atom stereocenters. The average molecular weight is 791 g/mol. The molecule has 6 atom stereocenters. The zero-order valence-corrected chi connectivity index (χ0v) is 34.1. The molecule has 0 spiro atoms. The molecule has 0 amide bonds. The molecule has 0 aromatic heterocycles. The molecule has 0 bridgehead atoms. The maximum absolute atomic E-state index is 12.7. The van der Waals surface area contributed by atoms with Crippen molar-refractivity contribution in [3.05, 3.63) is 24.3 Å². The summed E-state index contributed by atoms with van der Waals surface area (Å²) in [5.41, 5.74) is 0. The van der Waals surface area contributed by atoms with E-state index in [2.05, 4.69) is 38.2 Å². The van der Waals surface area contributed by atoms with E-state index in [1.165, 1.54) is 70.6 Å². The Morgan fingerprint density at radius 1 is 0.611 bits per heavy atom. The van der Waals surface area contributed by atoms with Gasteiger partial charge in [0.15, 0.2) is 12.4 Å². The Kier molecular flexibility index (Phi) is 29.9. The number of aliphatic hydroxyl groups excluding tert-OH is 3.